The molecule has 1 heterocycles. The largest absolute Gasteiger partial charge is 0.348 e. The maximum atomic E-state index is 4.77. The van der Waals surface area contributed by atoms with Gasteiger partial charge < -0.3 is 10.2 Å². The molecular formula is C14H23N3S. The number of thiazole rings is 1. The van der Waals surface area contributed by atoms with Gasteiger partial charge in [-0.15, -0.1) is 11.3 Å². The van der Waals surface area contributed by atoms with Crippen molar-refractivity contribution in [3.05, 3.63) is 11.1 Å². The third-order valence-electron chi connectivity index (χ3n) is 4.04. The standard InChI is InChI=1S/C14H23N3S/c1-2-17(9-11-4-3-5-11)14-16-13(10-18-14)8-15-12-6-7-12/h10-12,15H,2-9H2,1H3. The first kappa shape index (κ1) is 12.4. The Morgan fingerprint density at radius 1 is 1.39 bits per heavy atom. The monoisotopic (exact) mass is 265 g/mol. The summed E-state index contributed by atoms with van der Waals surface area (Å²) in [5.41, 5.74) is 1.22. The fourth-order valence-electron chi connectivity index (χ4n) is 2.39. The summed E-state index contributed by atoms with van der Waals surface area (Å²) in [6, 6.07) is 0.771. The highest BCUT2D eigenvalue weighted by molar-refractivity contribution is 7.13. The van der Waals surface area contributed by atoms with Crippen molar-refractivity contribution in [1.29, 1.82) is 0 Å². The van der Waals surface area contributed by atoms with Crippen molar-refractivity contribution < 1.29 is 0 Å². The molecule has 1 aromatic rings. The van der Waals surface area contributed by atoms with Gasteiger partial charge in [0.1, 0.15) is 0 Å². The molecule has 0 amide bonds. The molecule has 0 aromatic carbocycles. The molecule has 2 aliphatic rings. The van der Waals surface area contributed by atoms with Crippen molar-refractivity contribution >= 4 is 16.5 Å². The van der Waals surface area contributed by atoms with E-state index < -0.39 is 0 Å². The van der Waals surface area contributed by atoms with Crippen molar-refractivity contribution in [1.82, 2.24) is 10.3 Å². The summed E-state index contributed by atoms with van der Waals surface area (Å²) in [6.07, 6.45) is 6.95. The Balaban J connectivity index is 1.54. The summed E-state index contributed by atoms with van der Waals surface area (Å²) in [6.45, 7) is 5.48. The fraction of sp³-hybridized carbons (Fsp3) is 0.786. The van der Waals surface area contributed by atoms with Gasteiger partial charge in [0.25, 0.3) is 0 Å². The molecule has 18 heavy (non-hydrogen) atoms. The second-order valence-electron chi connectivity index (χ2n) is 5.61. The van der Waals surface area contributed by atoms with E-state index in [0.717, 1.165) is 25.0 Å². The van der Waals surface area contributed by atoms with Gasteiger partial charge in [-0.05, 0) is 38.5 Å². The SMILES string of the molecule is CCN(CC1CCC1)c1nc(CNC2CC2)cs1. The van der Waals surface area contributed by atoms with E-state index in [-0.39, 0.29) is 0 Å². The summed E-state index contributed by atoms with van der Waals surface area (Å²) in [7, 11) is 0. The van der Waals surface area contributed by atoms with Gasteiger partial charge in [0, 0.05) is 31.1 Å². The Kier molecular flexibility index (Phi) is 3.85. The smallest absolute Gasteiger partial charge is 0.185 e. The van der Waals surface area contributed by atoms with Crippen molar-refractivity contribution in [2.75, 3.05) is 18.0 Å². The highest BCUT2D eigenvalue weighted by Crippen LogP contribution is 2.30. The van der Waals surface area contributed by atoms with E-state index >= 15 is 0 Å². The first-order chi connectivity index (χ1) is 8.85. The van der Waals surface area contributed by atoms with Gasteiger partial charge in [-0.1, -0.05) is 6.42 Å². The second kappa shape index (κ2) is 5.57. The van der Waals surface area contributed by atoms with Gasteiger partial charge in [0.05, 0.1) is 5.69 Å². The number of hydrogen-bond donors (Lipinski definition) is 1. The van der Waals surface area contributed by atoms with E-state index in [0.29, 0.717) is 0 Å². The molecule has 2 saturated carbocycles. The molecule has 0 aliphatic heterocycles. The van der Waals surface area contributed by atoms with Crippen LogP contribution in [0.3, 0.4) is 0 Å². The second-order valence-corrected chi connectivity index (χ2v) is 6.45. The molecule has 100 valence electrons. The normalized spacial score (nSPS) is 19.8. The zero-order chi connectivity index (χ0) is 12.4. The van der Waals surface area contributed by atoms with Crippen molar-refractivity contribution in [3.8, 4) is 0 Å². The summed E-state index contributed by atoms with van der Waals surface area (Å²) in [5, 5.41) is 6.97. The van der Waals surface area contributed by atoms with Gasteiger partial charge in [-0.25, -0.2) is 4.98 Å². The lowest BCUT2D eigenvalue weighted by Gasteiger charge is -2.31. The topological polar surface area (TPSA) is 28.2 Å². The molecule has 0 spiro atoms. The lowest BCUT2D eigenvalue weighted by atomic mass is 9.85. The Morgan fingerprint density at radius 3 is 2.83 bits per heavy atom. The molecular weight excluding hydrogens is 242 g/mol. The molecule has 0 atom stereocenters. The van der Waals surface area contributed by atoms with Gasteiger partial charge in [0.15, 0.2) is 5.13 Å². The van der Waals surface area contributed by atoms with Crippen molar-refractivity contribution in [3.63, 3.8) is 0 Å². The van der Waals surface area contributed by atoms with E-state index in [1.165, 1.54) is 49.5 Å². The molecule has 3 nitrogen and oxygen atoms in total. The number of nitrogens with one attached hydrogen (secondary N) is 1. The average molecular weight is 265 g/mol. The Labute approximate surface area is 114 Å². The predicted molar refractivity (Wildman–Crippen MR) is 77.2 cm³/mol. The van der Waals surface area contributed by atoms with Gasteiger partial charge in [-0.3, -0.25) is 0 Å². The molecule has 2 fully saturated rings. The van der Waals surface area contributed by atoms with E-state index in [2.05, 4.69) is 22.5 Å². The maximum absolute atomic E-state index is 4.77. The molecule has 0 saturated heterocycles. The molecule has 4 heteroatoms. The summed E-state index contributed by atoms with van der Waals surface area (Å²) in [5.74, 6) is 0.918. The molecule has 3 rings (SSSR count). The first-order valence-corrected chi connectivity index (χ1v) is 8.16. The third kappa shape index (κ3) is 3.04. The Bertz CT molecular complexity index is 382. The van der Waals surface area contributed by atoms with E-state index in [1.807, 2.05) is 0 Å². The van der Waals surface area contributed by atoms with Crippen LogP contribution in [0.4, 0.5) is 5.13 Å². The minimum atomic E-state index is 0.771. The van der Waals surface area contributed by atoms with Gasteiger partial charge >= 0.3 is 0 Å². The first-order valence-electron chi connectivity index (χ1n) is 7.28. The van der Waals surface area contributed by atoms with Gasteiger partial charge in [-0.2, -0.15) is 0 Å². The number of aromatic nitrogens is 1. The highest BCUT2D eigenvalue weighted by atomic mass is 32.1. The number of hydrogen-bond acceptors (Lipinski definition) is 4. The van der Waals surface area contributed by atoms with Crippen LogP contribution in [0.15, 0.2) is 5.38 Å². The van der Waals surface area contributed by atoms with Crippen LogP contribution in [0, 0.1) is 5.92 Å². The maximum Gasteiger partial charge on any atom is 0.185 e. The molecule has 1 N–H and O–H groups in total. The summed E-state index contributed by atoms with van der Waals surface area (Å²) >= 11 is 1.81. The van der Waals surface area contributed by atoms with Crippen LogP contribution < -0.4 is 10.2 Å². The van der Waals surface area contributed by atoms with Crippen molar-refractivity contribution in [2.45, 2.75) is 51.6 Å². The Morgan fingerprint density at radius 2 is 2.22 bits per heavy atom. The van der Waals surface area contributed by atoms with E-state index in [1.54, 1.807) is 11.3 Å². The van der Waals surface area contributed by atoms with Crippen LogP contribution in [-0.4, -0.2) is 24.1 Å². The number of nitrogens with zero attached hydrogens (tertiary/aromatic N) is 2. The third-order valence-corrected chi connectivity index (χ3v) is 4.99. The summed E-state index contributed by atoms with van der Waals surface area (Å²) < 4.78 is 0. The van der Waals surface area contributed by atoms with Crippen LogP contribution in [-0.2, 0) is 6.54 Å². The molecule has 0 unspecified atom stereocenters. The lowest BCUT2D eigenvalue weighted by Crippen LogP contribution is -2.32. The molecule has 2 aliphatic carbocycles. The zero-order valence-corrected chi connectivity index (χ0v) is 12.0. The quantitative estimate of drug-likeness (QED) is 0.821. The summed E-state index contributed by atoms with van der Waals surface area (Å²) in [4.78, 5) is 7.23. The van der Waals surface area contributed by atoms with Crippen molar-refractivity contribution in [2.24, 2.45) is 5.92 Å². The molecule has 0 bridgehead atoms. The highest BCUT2D eigenvalue weighted by Gasteiger charge is 2.22. The van der Waals surface area contributed by atoms with Crippen LogP contribution in [0.5, 0.6) is 0 Å². The van der Waals surface area contributed by atoms with Crippen LogP contribution in [0.1, 0.15) is 44.7 Å². The van der Waals surface area contributed by atoms with Crippen LogP contribution >= 0.6 is 11.3 Å². The lowest BCUT2D eigenvalue weighted by molar-refractivity contribution is 0.318. The molecule has 0 radical (unpaired) electrons. The zero-order valence-electron chi connectivity index (χ0n) is 11.2. The minimum Gasteiger partial charge on any atom is -0.348 e. The average Bonchev–Trinajstić information content (AvgIpc) is 3.04. The molecule has 1 aromatic heterocycles. The van der Waals surface area contributed by atoms with E-state index in [4.69, 9.17) is 4.98 Å². The van der Waals surface area contributed by atoms with Crippen LogP contribution in [0.2, 0.25) is 0 Å². The van der Waals surface area contributed by atoms with Crippen LogP contribution in [0.25, 0.3) is 0 Å². The number of anilines is 1. The van der Waals surface area contributed by atoms with Gasteiger partial charge in [0.2, 0.25) is 0 Å². The number of rotatable bonds is 7. The predicted octanol–water partition coefficient (Wildman–Crippen LogP) is 3.02. The fourth-order valence-corrected chi connectivity index (χ4v) is 3.29. The van der Waals surface area contributed by atoms with E-state index in [9.17, 15) is 0 Å². The minimum absolute atomic E-state index is 0.771. The Hall–Kier alpha value is -0.610.